The van der Waals surface area contributed by atoms with Crippen LogP contribution in [0.5, 0.6) is 0 Å². The van der Waals surface area contributed by atoms with Crippen LogP contribution in [0.15, 0.2) is 59.1 Å². The largest absolute Gasteiger partial charge is 0.337 e. The number of anilines is 1. The van der Waals surface area contributed by atoms with Gasteiger partial charge in [-0.15, -0.1) is 0 Å². The zero-order valence-corrected chi connectivity index (χ0v) is 15.3. The molecule has 0 aliphatic carbocycles. The first-order chi connectivity index (χ1) is 13.7. The van der Waals surface area contributed by atoms with E-state index in [1.807, 2.05) is 30.3 Å². The maximum atomic E-state index is 13.1. The smallest absolute Gasteiger partial charge is 0.244 e. The first-order valence-corrected chi connectivity index (χ1v) is 9.37. The summed E-state index contributed by atoms with van der Waals surface area (Å²) in [6, 6.07) is 15.3. The number of likely N-dealkylation sites (tertiary alicyclic amines) is 1. The predicted octanol–water partition coefficient (Wildman–Crippen LogP) is 4.04. The van der Waals surface area contributed by atoms with E-state index in [1.165, 1.54) is 12.1 Å². The summed E-state index contributed by atoms with van der Waals surface area (Å²) in [4.78, 5) is 19.0. The number of hydrogen-bond donors (Lipinski definition) is 1. The van der Waals surface area contributed by atoms with Crippen molar-refractivity contribution in [3.05, 3.63) is 66.3 Å². The summed E-state index contributed by atoms with van der Waals surface area (Å²) in [7, 11) is 0. The molecule has 1 saturated heterocycles. The topological polar surface area (TPSA) is 71.3 Å². The van der Waals surface area contributed by atoms with Crippen LogP contribution in [0, 0.1) is 5.82 Å². The number of carbonyl (C=O) groups excluding carboxylic acids is 1. The summed E-state index contributed by atoms with van der Waals surface area (Å²) >= 11 is 0. The molecule has 0 radical (unpaired) electrons. The third kappa shape index (κ3) is 4.26. The van der Waals surface area contributed by atoms with Crippen molar-refractivity contribution in [1.82, 2.24) is 15.0 Å². The van der Waals surface area contributed by atoms with Crippen molar-refractivity contribution >= 4 is 11.6 Å². The average Bonchev–Trinajstić information content (AvgIpc) is 3.19. The molecule has 4 rings (SSSR count). The van der Waals surface area contributed by atoms with Gasteiger partial charge in [-0.05, 0) is 55.8 Å². The normalized spacial score (nSPS) is 17.4. The van der Waals surface area contributed by atoms with E-state index < -0.39 is 0 Å². The zero-order valence-electron chi connectivity index (χ0n) is 15.3. The van der Waals surface area contributed by atoms with E-state index in [1.54, 1.807) is 12.1 Å². The Hall–Kier alpha value is -3.06. The third-order valence-corrected chi connectivity index (χ3v) is 4.85. The molecule has 1 aliphatic heterocycles. The van der Waals surface area contributed by atoms with Crippen LogP contribution >= 0.6 is 0 Å². The van der Waals surface area contributed by atoms with Gasteiger partial charge in [0.1, 0.15) is 5.82 Å². The Kier molecular flexibility index (Phi) is 5.43. The highest BCUT2D eigenvalue weighted by Crippen LogP contribution is 2.31. The summed E-state index contributed by atoms with van der Waals surface area (Å²) in [6.07, 6.45) is 2.91. The Balaban J connectivity index is 1.46. The van der Waals surface area contributed by atoms with Crippen molar-refractivity contribution in [2.75, 3.05) is 18.4 Å². The van der Waals surface area contributed by atoms with Gasteiger partial charge in [-0.25, -0.2) is 4.39 Å². The van der Waals surface area contributed by atoms with Crippen molar-refractivity contribution in [3.8, 4) is 11.4 Å². The number of para-hydroxylation sites is 1. The molecule has 1 N–H and O–H groups in total. The molecule has 1 fully saturated rings. The van der Waals surface area contributed by atoms with Gasteiger partial charge in [0.25, 0.3) is 0 Å². The number of amides is 1. The molecule has 2 aromatic carbocycles. The quantitative estimate of drug-likeness (QED) is 0.723. The van der Waals surface area contributed by atoms with Gasteiger partial charge < -0.3 is 9.84 Å². The van der Waals surface area contributed by atoms with Crippen molar-refractivity contribution in [3.63, 3.8) is 0 Å². The molecule has 6 nitrogen and oxygen atoms in total. The highest BCUT2D eigenvalue weighted by molar-refractivity contribution is 5.92. The van der Waals surface area contributed by atoms with E-state index in [9.17, 15) is 9.18 Å². The molecule has 1 aromatic heterocycles. The van der Waals surface area contributed by atoms with Crippen LogP contribution in [0.3, 0.4) is 0 Å². The van der Waals surface area contributed by atoms with Gasteiger partial charge in [0.2, 0.25) is 17.6 Å². The Bertz CT molecular complexity index is 927. The summed E-state index contributed by atoms with van der Waals surface area (Å²) in [5, 5.41) is 6.95. The van der Waals surface area contributed by atoms with Crippen LogP contribution in [-0.2, 0) is 4.79 Å². The number of halogens is 1. The molecule has 0 unspecified atom stereocenters. The van der Waals surface area contributed by atoms with E-state index >= 15 is 0 Å². The van der Waals surface area contributed by atoms with E-state index in [0.717, 1.165) is 31.5 Å². The molecule has 3 aromatic rings. The van der Waals surface area contributed by atoms with Crippen LogP contribution < -0.4 is 5.32 Å². The van der Waals surface area contributed by atoms with Crippen molar-refractivity contribution < 1.29 is 13.7 Å². The molecule has 2 heterocycles. The number of rotatable bonds is 5. The minimum atomic E-state index is -0.310. The summed E-state index contributed by atoms with van der Waals surface area (Å²) in [5.74, 6) is 0.535. The first kappa shape index (κ1) is 18.3. The fourth-order valence-corrected chi connectivity index (χ4v) is 3.45. The second-order valence-corrected chi connectivity index (χ2v) is 6.86. The zero-order chi connectivity index (χ0) is 19.3. The number of nitrogens with zero attached hydrogens (tertiary/aromatic N) is 3. The van der Waals surface area contributed by atoms with Crippen LogP contribution in [0.4, 0.5) is 10.1 Å². The summed E-state index contributed by atoms with van der Waals surface area (Å²) in [5.41, 5.74) is 1.47. The van der Waals surface area contributed by atoms with Crippen LogP contribution in [0.25, 0.3) is 11.4 Å². The standard InChI is InChI=1S/C21H21FN4O2/c22-16-11-9-15(10-12-16)20-24-21(28-25-20)18-8-4-5-13-26(18)14-19(27)23-17-6-2-1-3-7-17/h1-3,6-7,9-12,18H,4-5,8,13-14H2,(H,23,27)/t18-/m1/s1. The first-order valence-electron chi connectivity index (χ1n) is 9.37. The van der Waals surface area contributed by atoms with Gasteiger partial charge >= 0.3 is 0 Å². The third-order valence-electron chi connectivity index (χ3n) is 4.85. The van der Waals surface area contributed by atoms with E-state index in [2.05, 4.69) is 20.4 Å². The molecule has 7 heteroatoms. The minimum Gasteiger partial charge on any atom is -0.337 e. The van der Waals surface area contributed by atoms with Gasteiger partial charge in [-0.1, -0.05) is 29.8 Å². The van der Waals surface area contributed by atoms with Crippen molar-refractivity contribution in [1.29, 1.82) is 0 Å². The monoisotopic (exact) mass is 380 g/mol. The second-order valence-electron chi connectivity index (χ2n) is 6.86. The second kappa shape index (κ2) is 8.31. The van der Waals surface area contributed by atoms with Gasteiger partial charge in [0.15, 0.2) is 0 Å². The highest BCUT2D eigenvalue weighted by Gasteiger charge is 2.30. The number of piperidine rings is 1. The van der Waals surface area contributed by atoms with Crippen LogP contribution in [-0.4, -0.2) is 34.0 Å². The predicted molar refractivity (Wildman–Crippen MR) is 103 cm³/mol. The van der Waals surface area contributed by atoms with Crippen molar-refractivity contribution in [2.24, 2.45) is 0 Å². The molecule has 28 heavy (non-hydrogen) atoms. The molecule has 0 bridgehead atoms. The highest BCUT2D eigenvalue weighted by atomic mass is 19.1. The molecule has 1 amide bonds. The van der Waals surface area contributed by atoms with Gasteiger partial charge in [-0.3, -0.25) is 9.69 Å². The molecule has 0 spiro atoms. The maximum Gasteiger partial charge on any atom is 0.244 e. The number of carbonyl (C=O) groups is 1. The number of hydrogen-bond acceptors (Lipinski definition) is 5. The summed E-state index contributed by atoms with van der Waals surface area (Å²) in [6.45, 7) is 1.05. The molecule has 0 saturated carbocycles. The van der Waals surface area contributed by atoms with Crippen LogP contribution in [0.1, 0.15) is 31.2 Å². The Morgan fingerprint density at radius 3 is 2.71 bits per heavy atom. The lowest BCUT2D eigenvalue weighted by atomic mass is 10.0. The molecule has 144 valence electrons. The van der Waals surface area contributed by atoms with E-state index in [4.69, 9.17) is 4.52 Å². The molecule has 1 atom stereocenters. The number of benzene rings is 2. The summed E-state index contributed by atoms with van der Waals surface area (Å²) < 4.78 is 18.6. The molecule has 1 aliphatic rings. The Morgan fingerprint density at radius 1 is 1.14 bits per heavy atom. The number of aromatic nitrogens is 2. The lowest BCUT2D eigenvalue weighted by Gasteiger charge is -2.32. The van der Waals surface area contributed by atoms with Gasteiger partial charge in [-0.2, -0.15) is 4.98 Å². The lowest BCUT2D eigenvalue weighted by Crippen LogP contribution is -2.39. The van der Waals surface area contributed by atoms with Gasteiger partial charge in [0.05, 0.1) is 12.6 Å². The number of nitrogens with one attached hydrogen (secondary N) is 1. The molecular formula is C21H21FN4O2. The Labute approximate surface area is 162 Å². The Morgan fingerprint density at radius 2 is 1.93 bits per heavy atom. The SMILES string of the molecule is O=C(CN1CCCC[C@@H]1c1nc(-c2ccc(F)cc2)no1)Nc1ccccc1. The fourth-order valence-electron chi connectivity index (χ4n) is 3.45. The van der Waals surface area contributed by atoms with Gasteiger partial charge in [0, 0.05) is 11.3 Å². The van der Waals surface area contributed by atoms with E-state index in [-0.39, 0.29) is 24.3 Å². The van der Waals surface area contributed by atoms with Crippen molar-refractivity contribution in [2.45, 2.75) is 25.3 Å². The molecular weight excluding hydrogens is 359 g/mol. The maximum absolute atomic E-state index is 13.1. The van der Waals surface area contributed by atoms with E-state index in [0.29, 0.717) is 17.3 Å². The lowest BCUT2D eigenvalue weighted by molar-refractivity contribution is -0.118. The van der Waals surface area contributed by atoms with Crippen LogP contribution in [0.2, 0.25) is 0 Å². The minimum absolute atomic E-state index is 0.0728. The fraction of sp³-hybridized carbons (Fsp3) is 0.286. The average molecular weight is 380 g/mol.